The van der Waals surface area contributed by atoms with E-state index in [0.29, 0.717) is 27.7 Å². The second kappa shape index (κ2) is 7.15. The Morgan fingerprint density at radius 3 is 2.52 bits per heavy atom. The molecule has 3 heterocycles. The SMILES string of the molecule is Cn1cnc2c(=O)n(-c3ccc(Cl)cc3)c(C(S)c3csc(C(F)(F)F)n3)nc21. The molecule has 0 saturated heterocycles. The number of nitrogens with zero attached hydrogens (tertiary/aromatic N) is 5. The number of thiazole rings is 1. The van der Waals surface area contributed by atoms with Crippen LogP contribution >= 0.6 is 35.6 Å². The summed E-state index contributed by atoms with van der Waals surface area (Å²) in [7, 11) is 1.66. The fourth-order valence-corrected chi connectivity index (χ4v) is 4.02. The topological polar surface area (TPSA) is 65.6 Å². The van der Waals surface area contributed by atoms with Gasteiger partial charge in [-0.15, -0.1) is 11.3 Å². The van der Waals surface area contributed by atoms with Gasteiger partial charge in [0, 0.05) is 17.5 Å². The van der Waals surface area contributed by atoms with Crippen LogP contribution in [0.15, 0.2) is 40.8 Å². The van der Waals surface area contributed by atoms with Gasteiger partial charge in [-0.3, -0.25) is 9.36 Å². The van der Waals surface area contributed by atoms with Crippen molar-refractivity contribution >= 4 is 46.7 Å². The summed E-state index contributed by atoms with van der Waals surface area (Å²) < 4.78 is 41.7. The van der Waals surface area contributed by atoms with E-state index in [4.69, 9.17) is 11.6 Å². The molecular weight excluding hydrogens is 447 g/mol. The first-order valence-corrected chi connectivity index (χ1v) is 9.85. The maximum absolute atomic E-state index is 13.1. The molecule has 1 unspecified atom stereocenters. The van der Waals surface area contributed by atoms with Gasteiger partial charge in [0.15, 0.2) is 16.2 Å². The Hall–Kier alpha value is -2.37. The molecule has 3 aromatic heterocycles. The van der Waals surface area contributed by atoms with Crippen LogP contribution in [-0.2, 0) is 13.2 Å². The van der Waals surface area contributed by atoms with E-state index in [9.17, 15) is 18.0 Å². The van der Waals surface area contributed by atoms with Gasteiger partial charge < -0.3 is 4.57 Å². The van der Waals surface area contributed by atoms with Gasteiger partial charge in [0.25, 0.3) is 5.56 Å². The van der Waals surface area contributed by atoms with Crippen LogP contribution in [0.3, 0.4) is 0 Å². The lowest BCUT2D eigenvalue weighted by Gasteiger charge is -2.16. The molecule has 150 valence electrons. The van der Waals surface area contributed by atoms with E-state index in [1.165, 1.54) is 16.3 Å². The van der Waals surface area contributed by atoms with Gasteiger partial charge in [-0.25, -0.2) is 15.0 Å². The summed E-state index contributed by atoms with van der Waals surface area (Å²) in [5.74, 6) is 0.121. The lowest BCUT2D eigenvalue weighted by atomic mass is 10.2. The largest absolute Gasteiger partial charge is 0.443 e. The number of aryl methyl sites for hydroxylation is 1. The number of thiol groups is 1. The van der Waals surface area contributed by atoms with Crippen LogP contribution in [0.1, 0.15) is 21.8 Å². The summed E-state index contributed by atoms with van der Waals surface area (Å²) in [6.45, 7) is 0. The average molecular weight is 458 g/mol. The van der Waals surface area contributed by atoms with Gasteiger partial charge in [0.05, 0.1) is 17.7 Å². The van der Waals surface area contributed by atoms with Crippen molar-refractivity contribution < 1.29 is 13.2 Å². The molecule has 6 nitrogen and oxygen atoms in total. The molecule has 29 heavy (non-hydrogen) atoms. The number of hydrogen-bond donors (Lipinski definition) is 1. The molecule has 1 atom stereocenters. The molecule has 4 rings (SSSR count). The third-order valence-corrected chi connectivity index (χ3v) is 5.79. The first kappa shape index (κ1) is 19.9. The molecule has 0 bridgehead atoms. The van der Waals surface area contributed by atoms with E-state index >= 15 is 0 Å². The molecule has 0 aliphatic carbocycles. The molecular formula is C17H11ClF3N5OS2. The van der Waals surface area contributed by atoms with Gasteiger partial charge in [-0.1, -0.05) is 11.6 Å². The van der Waals surface area contributed by atoms with Crippen LogP contribution in [0.25, 0.3) is 16.9 Å². The number of alkyl halides is 3. The molecule has 0 fully saturated rings. The minimum atomic E-state index is -4.56. The van der Waals surface area contributed by atoms with Gasteiger partial charge in [0.2, 0.25) is 0 Å². The van der Waals surface area contributed by atoms with E-state index in [1.54, 1.807) is 35.9 Å². The molecule has 4 aromatic rings. The number of aromatic nitrogens is 5. The zero-order chi connectivity index (χ0) is 20.9. The van der Waals surface area contributed by atoms with E-state index in [0.717, 1.165) is 0 Å². The van der Waals surface area contributed by atoms with Crippen LogP contribution in [-0.4, -0.2) is 24.1 Å². The van der Waals surface area contributed by atoms with Crippen LogP contribution in [0, 0.1) is 0 Å². The van der Waals surface area contributed by atoms with Crippen molar-refractivity contribution in [3.05, 3.63) is 67.9 Å². The molecule has 0 saturated carbocycles. The van der Waals surface area contributed by atoms with E-state index in [2.05, 4.69) is 27.6 Å². The Balaban J connectivity index is 1.95. The van der Waals surface area contributed by atoms with Crippen molar-refractivity contribution in [2.24, 2.45) is 7.05 Å². The minimum absolute atomic E-state index is 0.0433. The predicted octanol–water partition coefficient (Wildman–Crippen LogP) is 4.27. The zero-order valence-corrected chi connectivity index (χ0v) is 17.0. The van der Waals surface area contributed by atoms with Crippen molar-refractivity contribution in [3.63, 3.8) is 0 Å². The average Bonchev–Trinajstić information content (AvgIpc) is 3.30. The number of imidazole rings is 1. The number of fused-ring (bicyclic) bond motifs is 1. The van der Waals surface area contributed by atoms with Gasteiger partial charge in [0.1, 0.15) is 11.1 Å². The Labute approximate surface area is 176 Å². The normalized spacial score (nSPS) is 13.2. The molecule has 0 N–H and O–H groups in total. The molecule has 1 aromatic carbocycles. The maximum atomic E-state index is 13.1. The number of hydrogen-bond acceptors (Lipinski definition) is 6. The summed E-state index contributed by atoms with van der Waals surface area (Å²) in [5.41, 5.74) is 0.418. The van der Waals surface area contributed by atoms with E-state index in [-0.39, 0.29) is 17.0 Å². The zero-order valence-electron chi connectivity index (χ0n) is 14.6. The van der Waals surface area contributed by atoms with E-state index in [1.807, 2.05) is 0 Å². The van der Waals surface area contributed by atoms with Crippen molar-refractivity contribution in [2.45, 2.75) is 11.4 Å². The molecule has 0 aliphatic heterocycles. The van der Waals surface area contributed by atoms with Gasteiger partial charge in [-0.05, 0) is 24.3 Å². The third-order valence-electron chi connectivity index (χ3n) is 4.14. The summed E-state index contributed by atoms with van der Waals surface area (Å²) in [6.07, 6.45) is -3.13. The molecule has 0 amide bonds. The second-order valence-electron chi connectivity index (χ2n) is 6.09. The highest BCUT2D eigenvalue weighted by Gasteiger charge is 2.35. The highest BCUT2D eigenvalue weighted by molar-refractivity contribution is 7.80. The van der Waals surface area contributed by atoms with Crippen molar-refractivity contribution in [1.29, 1.82) is 0 Å². The Morgan fingerprint density at radius 2 is 1.90 bits per heavy atom. The standard InChI is InChI=1S/C17H11ClF3N5OS2/c1-25-7-22-11-13(25)24-14(12(28)10-6-29-16(23-10)17(19,20)21)26(15(11)27)9-4-2-8(18)3-5-9/h2-7,12,28H,1H3. The molecule has 0 radical (unpaired) electrons. The first-order chi connectivity index (χ1) is 13.7. The van der Waals surface area contributed by atoms with Crippen LogP contribution < -0.4 is 5.56 Å². The van der Waals surface area contributed by atoms with Crippen LogP contribution in [0.2, 0.25) is 5.02 Å². The Kier molecular flexibility index (Phi) is 4.91. The van der Waals surface area contributed by atoms with Crippen LogP contribution in [0.5, 0.6) is 0 Å². The lowest BCUT2D eigenvalue weighted by molar-refractivity contribution is -0.137. The molecule has 0 spiro atoms. The van der Waals surface area contributed by atoms with Crippen LogP contribution in [0.4, 0.5) is 13.2 Å². The fourth-order valence-electron chi connectivity index (χ4n) is 2.77. The van der Waals surface area contributed by atoms with Gasteiger partial charge in [-0.2, -0.15) is 25.8 Å². The summed E-state index contributed by atoms with van der Waals surface area (Å²) in [4.78, 5) is 25.3. The van der Waals surface area contributed by atoms with Crippen molar-refractivity contribution in [3.8, 4) is 5.69 Å². The maximum Gasteiger partial charge on any atom is 0.443 e. The molecule has 0 aliphatic rings. The van der Waals surface area contributed by atoms with Crippen molar-refractivity contribution in [2.75, 3.05) is 0 Å². The highest BCUT2D eigenvalue weighted by Crippen LogP contribution is 2.36. The first-order valence-electron chi connectivity index (χ1n) is 8.07. The predicted molar refractivity (Wildman–Crippen MR) is 107 cm³/mol. The third kappa shape index (κ3) is 3.53. The minimum Gasteiger partial charge on any atom is -0.318 e. The highest BCUT2D eigenvalue weighted by atomic mass is 35.5. The van der Waals surface area contributed by atoms with E-state index < -0.39 is 22.0 Å². The monoisotopic (exact) mass is 457 g/mol. The number of benzene rings is 1. The smallest absolute Gasteiger partial charge is 0.318 e. The van der Waals surface area contributed by atoms with Gasteiger partial charge >= 0.3 is 6.18 Å². The molecule has 12 heteroatoms. The number of halogens is 4. The summed E-state index contributed by atoms with van der Waals surface area (Å²) >= 11 is 10.8. The van der Waals surface area contributed by atoms with Crippen molar-refractivity contribution in [1.82, 2.24) is 24.1 Å². The Bertz CT molecular complexity index is 1260. The second-order valence-corrected chi connectivity index (χ2v) is 7.90. The lowest BCUT2D eigenvalue weighted by Crippen LogP contribution is -2.25. The summed E-state index contributed by atoms with van der Waals surface area (Å²) in [6, 6.07) is 6.39. The number of rotatable bonds is 3. The Morgan fingerprint density at radius 1 is 1.21 bits per heavy atom. The fraction of sp³-hybridized carbons (Fsp3) is 0.176. The quantitative estimate of drug-likeness (QED) is 0.467. The summed E-state index contributed by atoms with van der Waals surface area (Å²) in [5, 5.41) is -0.253.